The average Bonchev–Trinajstić information content (AvgIpc) is 2.60. The number of esters is 1. The maximum absolute atomic E-state index is 12.5. The number of ether oxygens (including phenoxy) is 1. The smallest absolute Gasteiger partial charge is 0.344 e. The summed E-state index contributed by atoms with van der Waals surface area (Å²) in [7, 11) is 0. The highest BCUT2D eigenvalue weighted by atomic mass is 16.5. The number of nitrogens with two attached hydrogens (primary N) is 2. The van der Waals surface area contributed by atoms with Gasteiger partial charge in [0.25, 0.3) is 0 Å². The molecule has 0 amide bonds. The van der Waals surface area contributed by atoms with Gasteiger partial charge in [-0.3, -0.25) is 0 Å². The molecular weight excluding hydrogens is 320 g/mol. The van der Waals surface area contributed by atoms with Crippen LogP contribution in [0.4, 0.5) is 11.4 Å². The molecule has 6 N–H and O–H groups in total. The molecule has 6 nitrogen and oxygen atoms in total. The zero-order chi connectivity index (χ0) is 18.0. The monoisotopic (exact) mass is 336 g/mol. The van der Waals surface area contributed by atoms with Gasteiger partial charge >= 0.3 is 5.97 Å². The SMILES string of the molecule is Nc1ccc(OC(=O)c2ccccc2-c2ccc(N)c(O)c2)cc1O. The van der Waals surface area contributed by atoms with Gasteiger partial charge in [-0.1, -0.05) is 24.3 Å². The summed E-state index contributed by atoms with van der Waals surface area (Å²) >= 11 is 0. The van der Waals surface area contributed by atoms with E-state index in [-0.39, 0.29) is 28.6 Å². The van der Waals surface area contributed by atoms with Crippen molar-refractivity contribution >= 4 is 17.3 Å². The van der Waals surface area contributed by atoms with Crippen molar-refractivity contribution in [1.29, 1.82) is 0 Å². The minimum Gasteiger partial charge on any atom is -0.506 e. The number of phenols is 2. The number of anilines is 2. The van der Waals surface area contributed by atoms with Gasteiger partial charge in [0, 0.05) is 6.07 Å². The molecule has 0 heterocycles. The van der Waals surface area contributed by atoms with Gasteiger partial charge in [0.2, 0.25) is 0 Å². The fourth-order valence-electron chi connectivity index (χ4n) is 2.37. The summed E-state index contributed by atoms with van der Waals surface area (Å²) in [6.45, 7) is 0. The van der Waals surface area contributed by atoms with Crippen molar-refractivity contribution in [2.24, 2.45) is 0 Å². The first-order valence-electron chi connectivity index (χ1n) is 7.44. The van der Waals surface area contributed by atoms with Crippen LogP contribution < -0.4 is 16.2 Å². The Labute approximate surface area is 143 Å². The molecule has 3 rings (SSSR count). The Morgan fingerprint density at radius 3 is 2.16 bits per heavy atom. The van der Waals surface area contributed by atoms with Crippen LogP contribution in [0.3, 0.4) is 0 Å². The van der Waals surface area contributed by atoms with Crippen LogP contribution in [0.5, 0.6) is 17.2 Å². The van der Waals surface area contributed by atoms with Crippen molar-refractivity contribution < 1.29 is 19.7 Å². The molecule has 0 aromatic heterocycles. The van der Waals surface area contributed by atoms with E-state index in [0.717, 1.165) is 0 Å². The molecule has 0 aliphatic rings. The Hall–Kier alpha value is -3.67. The van der Waals surface area contributed by atoms with Crippen LogP contribution >= 0.6 is 0 Å². The van der Waals surface area contributed by atoms with Gasteiger partial charge in [0.1, 0.15) is 17.2 Å². The van der Waals surface area contributed by atoms with E-state index in [1.54, 1.807) is 36.4 Å². The molecule has 25 heavy (non-hydrogen) atoms. The number of carbonyl (C=O) groups is 1. The summed E-state index contributed by atoms with van der Waals surface area (Å²) in [6, 6.07) is 15.8. The number of nitrogen functional groups attached to an aromatic ring is 2. The lowest BCUT2D eigenvalue weighted by Crippen LogP contribution is -2.10. The second-order valence-corrected chi connectivity index (χ2v) is 5.43. The molecule has 0 aliphatic carbocycles. The van der Waals surface area contributed by atoms with Gasteiger partial charge in [-0.15, -0.1) is 0 Å². The van der Waals surface area contributed by atoms with Crippen molar-refractivity contribution in [3.63, 3.8) is 0 Å². The maximum Gasteiger partial charge on any atom is 0.344 e. The Morgan fingerprint density at radius 1 is 0.840 bits per heavy atom. The minimum atomic E-state index is -0.601. The predicted octanol–water partition coefficient (Wildman–Crippen LogP) is 3.15. The first-order valence-corrected chi connectivity index (χ1v) is 7.44. The summed E-state index contributed by atoms with van der Waals surface area (Å²) in [5.74, 6) is -0.658. The molecule has 3 aromatic rings. The molecule has 0 saturated carbocycles. The Kier molecular flexibility index (Phi) is 4.18. The molecule has 126 valence electrons. The standard InChI is InChI=1S/C19H16N2O4/c20-15-7-5-11(9-17(15)22)13-3-1-2-4-14(13)19(24)25-12-6-8-16(21)18(23)10-12/h1-10,22-23H,20-21H2. The highest BCUT2D eigenvalue weighted by molar-refractivity contribution is 5.98. The fourth-order valence-corrected chi connectivity index (χ4v) is 2.37. The van der Waals surface area contributed by atoms with Crippen LogP contribution in [-0.4, -0.2) is 16.2 Å². The van der Waals surface area contributed by atoms with E-state index in [4.69, 9.17) is 16.2 Å². The van der Waals surface area contributed by atoms with Crippen molar-refractivity contribution in [1.82, 2.24) is 0 Å². The second-order valence-electron chi connectivity index (χ2n) is 5.43. The quantitative estimate of drug-likeness (QED) is 0.252. The van der Waals surface area contributed by atoms with E-state index in [0.29, 0.717) is 16.7 Å². The molecule has 0 saturated heterocycles. The zero-order valence-electron chi connectivity index (χ0n) is 13.1. The number of hydrogen-bond acceptors (Lipinski definition) is 6. The third kappa shape index (κ3) is 3.32. The number of carbonyl (C=O) groups excluding carboxylic acids is 1. The van der Waals surface area contributed by atoms with Gasteiger partial charge < -0.3 is 26.4 Å². The lowest BCUT2D eigenvalue weighted by atomic mass is 9.99. The molecule has 0 aliphatic heterocycles. The number of phenolic OH excluding ortho intramolecular Hbond substituents is 2. The largest absolute Gasteiger partial charge is 0.506 e. The number of hydrogen-bond donors (Lipinski definition) is 4. The zero-order valence-corrected chi connectivity index (χ0v) is 13.1. The minimum absolute atomic E-state index is 0.0656. The van der Waals surface area contributed by atoms with E-state index in [9.17, 15) is 15.0 Å². The molecule has 0 atom stereocenters. The maximum atomic E-state index is 12.5. The van der Waals surface area contributed by atoms with E-state index in [1.165, 1.54) is 24.3 Å². The van der Waals surface area contributed by atoms with Crippen LogP contribution in [0.2, 0.25) is 0 Å². The lowest BCUT2D eigenvalue weighted by Gasteiger charge is -2.11. The van der Waals surface area contributed by atoms with Crippen molar-refractivity contribution in [2.75, 3.05) is 11.5 Å². The average molecular weight is 336 g/mol. The van der Waals surface area contributed by atoms with E-state index in [2.05, 4.69) is 0 Å². The first kappa shape index (κ1) is 16.2. The molecule has 0 bridgehead atoms. The Balaban J connectivity index is 1.95. The molecular formula is C19H16N2O4. The lowest BCUT2D eigenvalue weighted by molar-refractivity contribution is 0.0735. The normalized spacial score (nSPS) is 10.4. The Morgan fingerprint density at radius 2 is 1.48 bits per heavy atom. The topological polar surface area (TPSA) is 119 Å². The summed E-state index contributed by atoms with van der Waals surface area (Å²) in [6.07, 6.45) is 0. The number of benzene rings is 3. The van der Waals surface area contributed by atoms with E-state index in [1.807, 2.05) is 0 Å². The van der Waals surface area contributed by atoms with Crippen LogP contribution in [0.1, 0.15) is 10.4 Å². The third-order valence-electron chi connectivity index (χ3n) is 3.70. The Bertz CT molecular complexity index is 954. The van der Waals surface area contributed by atoms with Gasteiger partial charge in [-0.05, 0) is 41.5 Å². The second kappa shape index (κ2) is 6.45. The van der Waals surface area contributed by atoms with Crippen LogP contribution in [0.15, 0.2) is 60.7 Å². The molecule has 6 heteroatoms. The van der Waals surface area contributed by atoms with Crippen LogP contribution in [0.25, 0.3) is 11.1 Å². The molecule has 0 radical (unpaired) electrons. The van der Waals surface area contributed by atoms with Crippen molar-refractivity contribution in [3.8, 4) is 28.4 Å². The number of aromatic hydroxyl groups is 2. The van der Waals surface area contributed by atoms with Gasteiger partial charge in [-0.25, -0.2) is 4.79 Å². The highest BCUT2D eigenvalue weighted by Gasteiger charge is 2.16. The summed E-state index contributed by atoms with van der Waals surface area (Å²) in [5.41, 5.74) is 13.1. The molecule has 0 spiro atoms. The molecule has 3 aromatic carbocycles. The van der Waals surface area contributed by atoms with E-state index >= 15 is 0 Å². The molecule has 0 fully saturated rings. The van der Waals surface area contributed by atoms with Gasteiger partial charge in [0.15, 0.2) is 0 Å². The van der Waals surface area contributed by atoms with Gasteiger partial charge in [-0.2, -0.15) is 0 Å². The summed E-state index contributed by atoms with van der Waals surface area (Å²) in [5, 5.41) is 19.4. The first-order chi connectivity index (χ1) is 12.0. The van der Waals surface area contributed by atoms with Gasteiger partial charge in [0.05, 0.1) is 16.9 Å². The highest BCUT2D eigenvalue weighted by Crippen LogP contribution is 2.31. The molecule has 0 unspecified atom stereocenters. The summed E-state index contributed by atoms with van der Waals surface area (Å²) in [4.78, 5) is 12.5. The van der Waals surface area contributed by atoms with Crippen molar-refractivity contribution in [3.05, 3.63) is 66.2 Å². The third-order valence-corrected chi connectivity index (χ3v) is 3.70. The van der Waals surface area contributed by atoms with Crippen LogP contribution in [-0.2, 0) is 0 Å². The summed E-state index contributed by atoms with van der Waals surface area (Å²) < 4.78 is 5.31. The fraction of sp³-hybridized carbons (Fsp3) is 0. The number of rotatable bonds is 3. The van der Waals surface area contributed by atoms with Crippen LogP contribution in [0, 0.1) is 0 Å². The van der Waals surface area contributed by atoms with Crippen molar-refractivity contribution in [2.45, 2.75) is 0 Å². The van der Waals surface area contributed by atoms with E-state index < -0.39 is 5.97 Å². The predicted molar refractivity (Wildman–Crippen MR) is 95.4 cm³/mol.